The van der Waals surface area contributed by atoms with Gasteiger partial charge >= 0.3 is 0 Å². The van der Waals surface area contributed by atoms with Crippen molar-refractivity contribution in [1.29, 1.82) is 0 Å². The third kappa shape index (κ3) is 4.57. The zero-order valence-corrected chi connectivity index (χ0v) is 12.9. The van der Waals surface area contributed by atoms with Gasteiger partial charge < -0.3 is 5.32 Å². The van der Waals surface area contributed by atoms with E-state index < -0.39 is 0 Å². The fourth-order valence-corrected chi connectivity index (χ4v) is 3.37. The van der Waals surface area contributed by atoms with Crippen LogP contribution < -0.4 is 5.32 Å². The van der Waals surface area contributed by atoms with Crippen LogP contribution in [0.25, 0.3) is 0 Å². The van der Waals surface area contributed by atoms with Crippen molar-refractivity contribution < 1.29 is 0 Å². The number of thioether (sulfide) groups is 1. The van der Waals surface area contributed by atoms with Gasteiger partial charge in [-0.15, -0.1) is 0 Å². The zero-order valence-electron chi connectivity index (χ0n) is 12.1. The Morgan fingerprint density at radius 1 is 1.26 bits per heavy atom. The molecule has 1 heterocycles. The van der Waals surface area contributed by atoms with E-state index >= 15 is 0 Å². The number of nitrogens with zero attached hydrogens (tertiary/aromatic N) is 1. The fraction of sp³-hybridized carbons (Fsp3) is 0.562. The van der Waals surface area contributed by atoms with E-state index in [9.17, 15) is 0 Å². The minimum Gasteiger partial charge on any atom is -0.362 e. The first-order chi connectivity index (χ1) is 9.15. The normalized spacial score (nSPS) is 21.1. The first-order valence-electron chi connectivity index (χ1n) is 7.16. The van der Waals surface area contributed by atoms with Crippen LogP contribution in [0, 0.1) is 5.92 Å². The van der Waals surface area contributed by atoms with Crippen LogP contribution in [0.15, 0.2) is 35.3 Å². The highest BCUT2D eigenvalue weighted by Crippen LogP contribution is 2.21. The van der Waals surface area contributed by atoms with Crippen LogP contribution in [0.1, 0.15) is 32.8 Å². The molecular weight excluding hydrogens is 252 g/mol. The number of benzene rings is 1. The number of amidine groups is 1. The molecule has 0 amide bonds. The lowest BCUT2D eigenvalue weighted by molar-refractivity contribution is 0.481. The molecule has 2 unspecified atom stereocenters. The van der Waals surface area contributed by atoms with Crippen molar-refractivity contribution in [2.24, 2.45) is 10.9 Å². The van der Waals surface area contributed by atoms with Crippen LogP contribution in [0.5, 0.6) is 0 Å². The second kappa shape index (κ2) is 6.99. The number of nitrogens with one attached hydrogen (secondary N) is 1. The summed E-state index contributed by atoms with van der Waals surface area (Å²) in [5, 5.41) is 4.70. The number of rotatable bonds is 4. The van der Waals surface area contributed by atoms with Crippen molar-refractivity contribution in [3.8, 4) is 0 Å². The van der Waals surface area contributed by atoms with Gasteiger partial charge in [0.15, 0.2) is 5.17 Å². The van der Waals surface area contributed by atoms with Gasteiger partial charge in [0.1, 0.15) is 0 Å². The minimum atomic E-state index is 0.430. The lowest BCUT2D eigenvalue weighted by atomic mass is 10.0. The Labute approximate surface area is 121 Å². The molecule has 1 N–H and O–H groups in total. The Bertz CT molecular complexity index is 414. The summed E-state index contributed by atoms with van der Waals surface area (Å²) in [6.07, 6.45) is 2.26. The van der Waals surface area contributed by atoms with Crippen molar-refractivity contribution in [2.75, 3.05) is 5.75 Å². The van der Waals surface area contributed by atoms with E-state index in [0.29, 0.717) is 18.0 Å². The Morgan fingerprint density at radius 2 is 2.00 bits per heavy atom. The molecule has 19 heavy (non-hydrogen) atoms. The summed E-state index contributed by atoms with van der Waals surface area (Å²) in [5.41, 5.74) is 1.38. The van der Waals surface area contributed by atoms with E-state index in [0.717, 1.165) is 11.6 Å². The molecule has 1 aromatic carbocycles. The molecule has 0 radical (unpaired) electrons. The van der Waals surface area contributed by atoms with Crippen LogP contribution in [0.3, 0.4) is 0 Å². The third-order valence-electron chi connectivity index (χ3n) is 3.46. The molecule has 1 aliphatic rings. The summed E-state index contributed by atoms with van der Waals surface area (Å²) in [6.45, 7) is 6.75. The lowest BCUT2D eigenvalue weighted by Gasteiger charge is -2.25. The summed E-state index contributed by atoms with van der Waals surface area (Å²) in [5.74, 6) is 1.83. The number of hydrogen-bond acceptors (Lipinski definition) is 3. The second-order valence-electron chi connectivity index (χ2n) is 5.62. The van der Waals surface area contributed by atoms with E-state index in [2.05, 4.69) is 56.4 Å². The molecule has 104 valence electrons. The standard InChI is InChI=1S/C16H24N2S/c1-12(2)15-9-10-19-16(18-15)17-13(3)11-14-7-5-4-6-8-14/h4-8,12-13,15H,9-11H2,1-3H3,(H,17,18). The van der Waals surface area contributed by atoms with Gasteiger partial charge in [-0.05, 0) is 31.2 Å². The smallest absolute Gasteiger partial charge is 0.157 e. The molecule has 0 saturated carbocycles. The first-order valence-corrected chi connectivity index (χ1v) is 8.14. The average molecular weight is 276 g/mol. The molecule has 0 saturated heterocycles. The van der Waals surface area contributed by atoms with Crippen LogP contribution in [0.4, 0.5) is 0 Å². The lowest BCUT2D eigenvalue weighted by Crippen LogP contribution is -2.36. The highest BCUT2D eigenvalue weighted by molar-refractivity contribution is 8.13. The van der Waals surface area contributed by atoms with Crippen LogP contribution in [-0.4, -0.2) is 23.0 Å². The molecule has 0 bridgehead atoms. The van der Waals surface area contributed by atoms with Gasteiger partial charge in [-0.1, -0.05) is 55.9 Å². The van der Waals surface area contributed by atoms with Gasteiger partial charge in [0.05, 0.1) is 6.04 Å². The van der Waals surface area contributed by atoms with E-state index in [4.69, 9.17) is 4.99 Å². The molecule has 0 aromatic heterocycles. The van der Waals surface area contributed by atoms with Gasteiger partial charge in [0.2, 0.25) is 0 Å². The van der Waals surface area contributed by atoms with E-state index in [1.165, 1.54) is 17.7 Å². The minimum absolute atomic E-state index is 0.430. The van der Waals surface area contributed by atoms with Gasteiger partial charge in [-0.3, -0.25) is 4.99 Å². The van der Waals surface area contributed by atoms with Crippen LogP contribution >= 0.6 is 11.8 Å². The molecule has 0 spiro atoms. The molecule has 1 aliphatic heterocycles. The number of aliphatic imine (C=N–C) groups is 1. The molecular formula is C16H24N2S. The Morgan fingerprint density at radius 3 is 2.68 bits per heavy atom. The third-order valence-corrected chi connectivity index (χ3v) is 4.40. The van der Waals surface area contributed by atoms with E-state index in [1.54, 1.807) is 0 Å². The first kappa shape index (κ1) is 14.4. The summed E-state index contributed by atoms with van der Waals surface area (Å²) in [7, 11) is 0. The van der Waals surface area contributed by atoms with Crippen molar-refractivity contribution in [1.82, 2.24) is 5.32 Å². The second-order valence-corrected chi connectivity index (χ2v) is 6.70. The van der Waals surface area contributed by atoms with E-state index in [1.807, 2.05) is 11.8 Å². The van der Waals surface area contributed by atoms with Gasteiger partial charge in [-0.25, -0.2) is 0 Å². The highest BCUT2D eigenvalue weighted by atomic mass is 32.2. The number of hydrogen-bond donors (Lipinski definition) is 1. The van der Waals surface area contributed by atoms with Crippen LogP contribution in [-0.2, 0) is 6.42 Å². The maximum atomic E-state index is 4.83. The Balaban J connectivity index is 1.90. The molecule has 0 fully saturated rings. The average Bonchev–Trinajstić information content (AvgIpc) is 2.40. The monoisotopic (exact) mass is 276 g/mol. The quantitative estimate of drug-likeness (QED) is 0.906. The van der Waals surface area contributed by atoms with Crippen molar-refractivity contribution in [3.05, 3.63) is 35.9 Å². The Kier molecular flexibility index (Phi) is 5.32. The van der Waals surface area contributed by atoms with Crippen molar-refractivity contribution in [3.63, 3.8) is 0 Å². The SMILES string of the molecule is CC(Cc1ccccc1)NC1=NC(C(C)C)CCS1. The fourth-order valence-electron chi connectivity index (χ4n) is 2.32. The molecule has 0 aliphatic carbocycles. The molecule has 1 aromatic rings. The molecule has 2 nitrogen and oxygen atoms in total. The maximum absolute atomic E-state index is 4.83. The largest absolute Gasteiger partial charge is 0.362 e. The van der Waals surface area contributed by atoms with Crippen LogP contribution in [0.2, 0.25) is 0 Å². The highest BCUT2D eigenvalue weighted by Gasteiger charge is 2.19. The van der Waals surface area contributed by atoms with Crippen molar-refractivity contribution >= 4 is 16.9 Å². The maximum Gasteiger partial charge on any atom is 0.157 e. The topological polar surface area (TPSA) is 24.4 Å². The summed E-state index contributed by atoms with van der Waals surface area (Å²) in [4.78, 5) is 4.83. The molecule has 2 atom stereocenters. The molecule has 2 rings (SSSR count). The van der Waals surface area contributed by atoms with E-state index in [-0.39, 0.29) is 0 Å². The summed E-state index contributed by atoms with van der Waals surface area (Å²) in [6, 6.07) is 11.6. The van der Waals surface area contributed by atoms with Gasteiger partial charge in [-0.2, -0.15) is 0 Å². The Hall–Kier alpha value is -0.960. The summed E-state index contributed by atoms with van der Waals surface area (Å²) < 4.78 is 0. The van der Waals surface area contributed by atoms with Crippen molar-refractivity contribution in [2.45, 2.75) is 45.7 Å². The molecule has 3 heteroatoms. The predicted octanol–water partition coefficient (Wildman–Crippen LogP) is 3.72. The summed E-state index contributed by atoms with van der Waals surface area (Å²) >= 11 is 1.86. The zero-order chi connectivity index (χ0) is 13.7. The predicted molar refractivity (Wildman–Crippen MR) is 85.9 cm³/mol. The van der Waals surface area contributed by atoms with Gasteiger partial charge in [0.25, 0.3) is 0 Å². The van der Waals surface area contributed by atoms with Gasteiger partial charge in [0, 0.05) is 11.8 Å².